The molecule has 0 bridgehead atoms. The van der Waals surface area contributed by atoms with E-state index in [4.69, 9.17) is 11.6 Å². The van der Waals surface area contributed by atoms with E-state index in [0.717, 1.165) is 42.5 Å². The van der Waals surface area contributed by atoms with Gasteiger partial charge in [-0.05, 0) is 44.0 Å². The number of fused-ring (bicyclic) bond motifs is 1. The van der Waals surface area contributed by atoms with E-state index < -0.39 is 0 Å². The minimum absolute atomic E-state index is 0.0378. The van der Waals surface area contributed by atoms with E-state index in [0.29, 0.717) is 22.3 Å². The maximum absolute atomic E-state index is 12.7. The lowest BCUT2D eigenvalue weighted by Gasteiger charge is -2.12. The predicted octanol–water partition coefficient (Wildman–Crippen LogP) is 4.09. The molecule has 1 fully saturated rings. The van der Waals surface area contributed by atoms with Gasteiger partial charge in [-0.25, -0.2) is 14.6 Å². The maximum atomic E-state index is 12.7. The zero-order valence-corrected chi connectivity index (χ0v) is 17.2. The SMILES string of the molecule is Cc1cc(NC(=O)C2CCCC2)n(-c2ncnc3c2cnn3-c2ccc(Cl)cc2)n1. The number of carbonyl (C=O) groups excluding carboxylic acids is 1. The molecule has 3 aromatic heterocycles. The molecule has 1 amide bonds. The van der Waals surface area contributed by atoms with E-state index in [1.807, 2.05) is 25.1 Å². The highest BCUT2D eigenvalue weighted by molar-refractivity contribution is 6.30. The molecule has 5 rings (SSSR count). The molecule has 1 aliphatic rings. The average molecular weight is 422 g/mol. The molecule has 30 heavy (non-hydrogen) atoms. The number of amides is 1. The molecule has 0 spiro atoms. The summed E-state index contributed by atoms with van der Waals surface area (Å²) in [6.07, 6.45) is 7.26. The first-order valence-electron chi connectivity index (χ1n) is 9.93. The molecule has 152 valence electrons. The van der Waals surface area contributed by atoms with E-state index in [2.05, 4.69) is 25.5 Å². The van der Waals surface area contributed by atoms with Crippen LogP contribution < -0.4 is 5.32 Å². The van der Waals surface area contributed by atoms with Gasteiger partial charge in [0.2, 0.25) is 5.91 Å². The molecule has 1 N–H and O–H groups in total. The van der Waals surface area contributed by atoms with Gasteiger partial charge in [0.25, 0.3) is 0 Å². The summed E-state index contributed by atoms with van der Waals surface area (Å²) in [6, 6.07) is 9.22. The lowest BCUT2D eigenvalue weighted by Crippen LogP contribution is -2.22. The van der Waals surface area contributed by atoms with Crippen LogP contribution in [0.2, 0.25) is 5.02 Å². The summed E-state index contributed by atoms with van der Waals surface area (Å²) < 4.78 is 3.38. The van der Waals surface area contributed by atoms with Gasteiger partial charge in [0.15, 0.2) is 11.5 Å². The van der Waals surface area contributed by atoms with Crippen LogP contribution in [0.25, 0.3) is 22.5 Å². The fourth-order valence-electron chi connectivity index (χ4n) is 3.94. The second-order valence-electron chi connectivity index (χ2n) is 7.52. The fraction of sp³-hybridized carbons (Fsp3) is 0.286. The van der Waals surface area contributed by atoms with Gasteiger partial charge in [0.05, 0.1) is 23.0 Å². The van der Waals surface area contributed by atoms with Crippen LogP contribution in [0.4, 0.5) is 5.82 Å². The quantitative estimate of drug-likeness (QED) is 0.536. The Bertz CT molecular complexity index is 1220. The maximum Gasteiger partial charge on any atom is 0.228 e. The Morgan fingerprint density at radius 2 is 1.90 bits per heavy atom. The molecule has 1 aromatic carbocycles. The topological polar surface area (TPSA) is 90.5 Å². The Morgan fingerprint density at radius 1 is 1.13 bits per heavy atom. The molecular formula is C21H20ClN7O. The van der Waals surface area contributed by atoms with Crippen molar-refractivity contribution in [2.24, 2.45) is 5.92 Å². The number of nitrogens with one attached hydrogen (secondary N) is 1. The third-order valence-electron chi connectivity index (χ3n) is 5.43. The van der Waals surface area contributed by atoms with E-state index in [1.54, 1.807) is 27.7 Å². The molecule has 0 aliphatic heterocycles. The van der Waals surface area contributed by atoms with Crippen molar-refractivity contribution in [2.45, 2.75) is 32.6 Å². The van der Waals surface area contributed by atoms with Gasteiger partial charge < -0.3 is 5.32 Å². The minimum atomic E-state index is 0.0378. The van der Waals surface area contributed by atoms with Gasteiger partial charge in [0.1, 0.15) is 12.1 Å². The zero-order chi connectivity index (χ0) is 20.7. The van der Waals surface area contributed by atoms with Gasteiger partial charge in [-0.15, -0.1) is 0 Å². The van der Waals surface area contributed by atoms with Crippen LogP contribution in [0.1, 0.15) is 31.4 Å². The lowest BCUT2D eigenvalue weighted by atomic mass is 10.1. The van der Waals surface area contributed by atoms with E-state index in [1.165, 1.54) is 6.33 Å². The van der Waals surface area contributed by atoms with Crippen LogP contribution in [-0.2, 0) is 4.79 Å². The van der Waals surface area contributed by atoms with Crippen molar-refractivity contribution in [1.82, 2.24) is 29.5 Å². The van der Waals surface area contributed by atoms with Crippen LogP contribution in [-0.4, -0.2) is 35.4 Å². The summed E-state index contributed by atoms with van der Waals surface area (Å²) in [5.74, 6) is 1.27. The molecule has 0 saturated heterocycles. The summed E-state index contributed by atoms with van der Waals surface area (Å²) >= 11 is 6.00. The van der Waals surface area contributed by atoms with E-state index >= 15 is 0 Å². The van der Waals surface area contributed by atoms with Crippen LogP contribution >= 0.6 is 11.6 Å². The number of rotatable bonds is 4. The molecule has 4 aromatic rings. The monoisotopic (exact) mass is 421 g/mol. The van der Waals surface area contributed by atoms with Crippen molar-refractivity contribution < 1.29 is 4.79 Å². The molecule has 9 heteroatoms. The first-order chi connectivity index (χ1) is 14.6. The molecule has 1 aliphatic carbocycles. The minimum Gasteiger partial charge on any atom is -0.310 e. The third-order valence-corrected chi connectivity index (χ3v) is 5.68. The van der Waals surface area contributed by atoms with Gasteiger partial charge in [-0.1, -0.05) is 24.4 Å². The molecule has 1 saturated carbocycles. The number of carbonyl (C=O) groups is 1. The van der Waals surface area contributed by atoms with Gasteiger partial charge >= 0.3 is 0 Å². The highest BCUT2D eigenvalue weighted by Crippen LogP contribution is 2.28. The van der Waals surface area contributed by atoms with Crippen molar-refractivity contribution in [2.75, 3.05) is 5.32 Å². The third kappa shape index (κ3) is 3.33. The second kappa shape index (κ2) is 7.53. The highest BCUT2D eigenvalue weighted by atomic mass is 35.5. The molecule has 0 radical (unpaired) electrons. The first kappa shape index (κ1) is 18.7. The molecular weight excluding hydrogens is 402 g/mol. The number of halogens is 1. The summed E-state index contributed by atoms with van der Waals surface area (Å²) in [4.78, 5) is 21.5. The second-order valence-corrected chi connectivity index (χ2v) is 7.96. The molecule has 0 unspecified atom stereocenters. The Hall–Kier alpha value is -3.26. The standard InChI is InChI=1S/C21H20ClN7O/c1-13-10-18(26-21(30)14-4-2-3-5-14)29(27-13)20-17-11-25-28(19(17)23-12-24-20)16-8-6-15(22)7-9-16/h6-12,14H,2-5H2,1H3,(H,26,30). The van der Waals surface area contributed by atoms with Crippen molar-refractivity contribution in [3.05, 3.63) is 53.6 Å². The van der Waals surface area contributed by atoms with Gasteiger partial charge in [-0.2, -0.15) is 14.9 Å². The van der Waals surface area contributed by atoms with Crippen molar-refractivity contribution in [1.29, 1.82) is 0 Å². The van der Waals surface area contributed by atoms with Crippen molar-refractivity contribution in [3.8, 4) is 11.5 Å². The zero-order valence-electron chi connectivity index (χ0n) is 16.4. The van der Waals surface area contributed by atoms with Gasteiger partial charge in [0, 0.05) is 17.0 Å². The fourth-order valence-corrected chi connectivity index (χ4v) is 4.06. The average Bonchev–Trinajstić information content (AvgIpc) is 3.48. The molecule has 0 atom stereocenters. The number of benzene rings is 1. The van der Waals surface area contributed by atoms with Crippen LogP contribution in [0, 0.1) is 12.8 Å². The smallest absolute Gasteiger partial charge is 0.228 e. The number of aryl methyl sites for hydroxylation is 1. The molecule has 8 nitrogen and oxygen atoms in total. The first-order valence-corrected chi connectivity index (χ1v) is 10.3. The normalized spacial score (nSPS) is 14.5. The number of aromatic nitrogens is 6. The number of hydrogen-bond acceptors (Lipinski definition) is 5. The van der Waals surface area contributed by atoms with Crippen molar-refractivity contribution >= 4 is 34.4 Å². The van der Waals surface area contributed by atoms with Crippen LogP contribution in [0.3, 0.4) is 0 Å². The summed E-state index contributed by atoms with van der Waals surface area (Å²) in [7, 11) is 0. The predicted molar refractivity (Wildman–Crippen MR) is 114 cm³/mol. The largest absolute Gasteiger partial charge is 0.310 e. The Labute approximate surface area is 177 Å². The number of nitrogens with zero attached hydrogens (tertiary/aromatic N) is 6. The van der Waals surface area contributed by atoms with Crippen molar-refractivity contribution in [3.63, 3.8) is 0 Å². The Balaban J connectivity index is 1.55. The Morgan fingerprint density at radius 3 is 2.67 bits per heavy atom. The lowest BCUT2D eigenvalue weighted by molar-refractivity contribution is -0.119. The van der Waals surface area contributed by atoms with Gasteiger partial charge in [-0.3, -0.25) is 4.79 Å². The van der Waals surface area contributed by atoms with Crippen LogP contribution in [0.15, 0.2) is 42.9 Å². The Kier molecular flexibility index (Phi) is 4.71. The summed E-state index contributed by atoms with van der Waals surface area (Å²) in [5.41, 5.74) is 2.27. The summed E-state index contributed by atoms with van der Waals surface area (Å²) in [6.45, 7) is 1.89. The summed E-state index contributed by atoms with van der Waals surface area (Å²) in [5, 5.41) is 13.5. The van der Waals surface area contributed by atoms with Crippen LogP contribution in [0.5, 0.6) is 0 Å². The highest BCUT2D eigenvalue weighted by Gasteiger charge is 2.24. The van der Waals surface area contributed by atoms with E-state index in [9.17, 15) is 4.79 Å². The number of hydrogen-bond donors (Lipinski definition) is 1. The molecule has 3 heterocycles. The number of anilines is 1. The van der Waals surface area contributed by atoms with E-state index in [-0.39, 0.29) is 11.8 Å².